The second kappa shape index (κ2) is 5.85. The normalized spacial score (nSPS) is 14.2. The first-order chi connectivity index (χ1) is 8.27. The van der Waals surface area contributed by atoms with Crippen LogP contribution >= 0.6 is 11.6 Å². The standard InChI is InChI=1S/C15H16ClN/c16-15(13-9-5-2-6-10-13)14(17)11-12-7-3-1-4-8-12/h1-10,14-15H,11,17H2. The van der Waals surface area contributed by atoms with Crippen LogP contribution in [-0.4, -0.2) is 6.04 Å². The van der Waals surface area contributed by atoms with E-state index in [1.165, 1.54) is 5.56 Å². The smallest absolute Gasteiger partial charge is 0.0739 e. The van der Waals surface area contributed by atoms with Crippen LogP contribution in [0.15, 0.2) is 60.7 Å². The van der Waals surface area contributed by atoms with Crippen LogP contribution < -0.4 is 5.73 Å². The average Bonchev–Trinajstić information content (AvgIpc) is 2.40. The van der Waals surface area contributed by atoms with Crippen LogP contribution in [0.5, 0.6) is 0 Å². The fourth-order valence-electron chi connectivity index (χ4n) is 1.87. The van der Waals surface area contributed by atoms with Crippen molar-refractivity contribution in [3.63, 3.8) is 0 Å². The quantitative estimate of drug-likeness (QED) is 0.820. The summed E-state index contributed by atoms with van der Waals surface area (Å²) in [6, 6.07) is 20.1. The van der Waals surface area contributed by atoms with E-state index >= 15 is 0 Å². The summed E-state index contributed by atoms with van der Waals surface area (Å²) in [6.45, 7) is 0. The molecule has 0 aliphatic carbocycles. The highest BCUT2D eigenvalue weighted by molar-refractivity contribution is 6.21. The van der Waals surface area contributed by atoms with E-state index in [0.717, 1.165) is 12.0 Å². The van der Waals surface area contributed by atoms with Gasteiger partial charge in [-0.3, -0.25) is 0 Å². The van der Waals surface area contributed by atoms with Crippen molar-refractivity contribution in [2.75, 3.05) is 0 Å². The highest BCUT2D eigenvalue weighted by Crippen LogP contribution is 2.24. The molecule has 88 valence electrons. The van der Waals surface area contributed by atoms with E-state index < -0.39 is 0 Å². The molecule has 1 nitrogen and oxygen atoms in total. The topological polar surface area (TPSA) is 26.0 Å². The molecule has 0 fully saturated rings. The summed E-state index contributed by atoms with van der Waals surface area (Å²) in [5.41, 5.74) is 8.45. The number of benzene rings is 2. The highest BCUT2D eigenvalue weighted by Gasteiger charge is 2.16. The van der Waals surface area contributed by atoms with Gasteiger partial charge in [0.2, 0.25) is 0 Å². The zero-order valence-electron chi connectivity index (χ0n) is 9.59. The minimum absolute atomic E-state index is 0.0681. The maximum Gasteiger partial charge on any atom is 0.0739 e. The van der Waals surface area contributed by atoms with Gasteiger partial charge in [-0.2, -0.15) is 0 Å². The van der Waals surface area contributed by atoms with Crippen LogP contribution in [0.1, 0.15) is 16.5 Å². The van der Waals surface area contributed by atoms with Gasteiger partial charge in [-0.05, 0) is 17.5 Å². The molecule has 0 spiro atoms. The molecule has 0 aromatic heterocycles. The predicted octanol–water partition coefficient (Wildman–Crippen LogP) is 3.54. The summed E-state index contributed by atoms with van der Waals surface area (Å²) < 4.78 is 0. The Hall–Kier alpha value is -1.31. The lowest BCUT2D eigenvalue weighted by molar-refractivity contribution is 0.645. The number of hydrogen-bond donors (Lipinski definition) is 1. The first-order valence-corrected chi connectivity index (χ1v) is 6.19. The summed E-state index contributed by atoms with van der Waals surface area (Å²) in [5.74, 6) is 0. The third-order valence-electron chi connectivity index (χ3n) is 2.81. The van der Waals surface area contributed by atoms with Gasteiger partial charge in [0.1, 0.15) is 0 Å². The average molecular weight is 246 g/mol. The van der Waals surface area contributed by atoms with Crippen LogP contribution in [-0.2, 0) is 6.42 Å². The van der Waals surface area contributed by atoms with Crippen molar-refractivity contribution < 1.29 is 0 Å². The SMILES string of the molecule is NC(Cc1ccccc1)C(Cl)c1ccccc1. The van der Waals surface area contributed by atoms with Crippen molar-refractivity contribution in [3.8, 4) is 0 Å². The number of nitrogens with two attached hydrogens (primary N) is 1. The molecule has 0 bridgehead atoms. The summed E-state index contributed by atoms with van der Waals surface area (Å²) in [5, 5.41) is -0.142. The van der Waals surface area contributed by atoms with Gasteiger partial charge in [-0.25, -0.2) is 0 Å². The summed E-state index contributed by atoms with van der Waals surface area (Å²) in [6.07, 6.45) is 0.796. The molecule has 2 heteroatoms. The molecular formula is C15H16ClN. The molecule has 0 radical (unpaired) electrons. The Morgan fingerprint density at radius 3 is 2.00 bits per heavy atom. The molecule has 0 heterocycles. The molecule has 2 aromatic rings. The van der Waals surface area contributed by atoms with Crippen LogP contribution in [0, 0.1) is 0 Å². The van der Waals surface area contributed by atoms with Crippen LogP contribution in [0.4, 0.5) is 0 Å². The Labute approximate surface area is 107 Å². The second-order valence-electron chi connectivity index (χ2n) is 4.17. The van der Waals surface area contributed by atoms with Gasteiger partial charge in [0.15, 0.2) is 0 Å². The largest absolute Gasteiger partial charge is 0.326 e. The van der Waals surface area contributed by atoms with Crippen LogP contribution in [0.2, 0.25) is 0 Å². The molecule has 0 aliphatic rings. The van der Waals surface area contributed by atoms with Crippen LogP contribution in [0.25, 0.3) is 0 Å². The molecule has 0 aliphatic heterocycles. The third-order valence-corrected chi connectivity index (χ3v) is 3.38. The van der Waals surface area contributed by atoms with E-state index in [0.29, 0.717) is 0 Å². The van der Waals surface area contributed by atoms with E-state index in [-0.39, 0.29) is 11.4 Å². The molecule has 17 heavy (non-hydrogen) atoms. The van der Waals surface area contributed by atoms with Gasteiger partial charge in [0.05, 0.1) is 5.38 Å². The van der Waals surface area contributed by atoms with E-state index in [1.807, 2.05) is 48.5 Å². The number of halogens is 1. The molecule has 2 unspecified atom stereocenters. The van der Waals surface area contributed by atoms with Gasteiger partial charge >= 0.3 is 0 Å². The van der Waals surface area contributed by atoms with Crippen molar-refractivity contribution in [2.45, 2.75) is 17.8 Å². The minimum atomic E-state index is -0.142. The lowest BCUT2D eigenvalue weighted by Gasteiger charge is -2.18. The van der Waals surface area contributed by atoms with Crippen molar-refractivity contribution in [2.24, 2.45) is 5.73 Å². The monoisotopic (exact) mass is 245 g/mol. The Kier molecular flexibility index (Phi) is 4.18. The summed E-state index contributed by atoms with van der Waals surface area (Å²) in [7, 11) is 0. The molecule has 2 aromatic carbocycles. The Morgan fingerprint density at radius 1 is 0.882 bits per heavy atom. The van der Waals surface area contributed by atoms with E-state index in [2.05, 4.69) is 12.1 Å². The zero-order valence-corrected chi connectivity index (χ0v) is 10.3. The number of hydrogen-bond acceptors (Lipinski definition) is 1. The Balaban J connectivity index is 2.03. The van der Waals surface area contributed by atoms with Gasteiger partial charge in [-0.1, -0.05) is 60.7 Å². The molecule has 2 rings (SSSR count). The first kappa shape index (κ1) is 12.2. The van der Waals surface area contributed by atoms with Gasteiger partial charge in [0.25, 0.3) is 0 Å². The number of rotatable bonds is 4. The summed E-state index contributed by atoms with van der Waals surface area (Å²) >= 11 is 6.38. The molecular weight excluding hydrogens is 230 g/mol. The highest BCUT2D eigenvalue weighted by atomic mass is 35.5. The Morgan fingerprint density at radius 2 is 1.41 bits per heavy atom. The molecule has 0 amide bonds. The van der Waals surface area contributed by atoms with Crippen molar-refractivity contribution in [1.29, 1.82) is 0 Å². The zero-order chi connectivity index (χ0) is 12.1. The first-order valence-electron chi connectivity index (χ1n) is 5.76. The fourth-order valence-corrected chi connectivity index (χ4v) is 2.11. The van der Waals surface area contributed by atoms with Gasteiger partial charge in [-0.15, -0.1) is 11.6 Å². The molecule has 2 N–H and O–H groups in total. The third kappa shape index (κ3) is 3.32. The minimum Gasteiger partial charge on any atom is -0.326 e. The van der Waals surface area contributed by atoms with Crippen LogP contribution in [0.3, 0.4) is 0 Å². The van der Waals surface area contributed by atoms with E-state index in [9.17, 15) is 0 Å². The van der Waals surface area contributed by atoms with Gasteiger partial charge < -0.3 is 5.73 Å². The fraction of sp³-hybridized carbons (Fsp3) is 0.200. The van der Waals surface area contributed by atoms with Crippen molar-refractivity contribution in [3.05, 3.63) is 71.8 Å². The predicted molar refractivity (Wildman–Crippen MR) is 73.2 cm³/mol. The second-order valence-corrected chi connectivity index (χ2v) is 4.64. The maximum atomic E-state index is 6.38. The van der Waals surface area contributed by atoms with E-state index in [1.54, 1.807) is 0 Å². The maximum absolute atomic E-state index is 6.38. The summed E-state index contributed by atoms with van der Waals surface area (Å²) in [4.78, 5) is 0. The van der Waals surface area contributed by atoms with Gasteiger partial charge in [0, 0.05) is 6.04 Å². The molecule has 0 saturated heterocycles. The van der Waals surface area contributed by atoms with Crippen molar-refractivity contribution in [1.82, 2.24) is 0 Å². The molecule has 2 atom stereocenters. The van der Waals surface area contributed by atoms with Crippen molar-refractivity contribution >= 4 is 11.6 Å². The van der Waals surface area contributed by atoms with E-state index in [4.69, 9.17) is 17.3 Å². The number of alkyl halides is 1. The molecule has 0 saturated carbocycles. The lowest BCUT2D eigenvalue weighted by atomic mass is 9.99. The lowest BCUT2D eigenvalue weighted by Crippen LogP contribution is -2.27. The Bertz CT molecular complexity index is 441.